The van der Waals surface area contributed by atoms with Crippen molar-refractivity contribution in [2.45, 2.75) is 30.3 Å². The molecule has 3 atom stereocenters. The molecule has 2 aromatic rings. The summed E-state index contributed by atoms with van der Waals surface area (Å²) in [4.78, 5) is 4.64. The Morgan fingerprint density at radius 3 is 2.70 bits per heavy atom. The second kappa shape index (κ2) is 5.07. The Balaban J connectivity index is 1.70. The third-order valence-corrected chi connectivity index (χ3v) is 5.32. The standard InChI is InChI=1S/C19H18N2O2/c1-22-19-12-14(19)10-11-18(19,13-20)16-8-5-9-17(21-16)23-15-6-3-2-4-7-15/h2-9,14H,10-12H2,1H3/t14?,18?,19-/m0/s1. The van der Waals surface area contributed by atoms with Crippen LogP contribution in [-0.4, -0.2) is 17.7 Å². The molecule has 0 aliphatic heterocycles. The third kappa shape index (κ3) is 1.97. The molecule has 0 N–H and O–H groups in total. The fourth-order valence-corrected chi connectivity index (χ4v) is 4.06. The number of aromatic nitrogens is 1. The number of pyridine rings is 1. The Morgan fingerprint density at radius 1 is 1.17 bits per heavy atom. The first kappa shape index (κ1) is 14.2. The molecule has 116 valence electrons. The number of para-hydroxylation sites is 1. The zero-order chi connectivity index (χ0) is 15.9. The molecule has 4 heteroatoms. The van der Waals surface area contributed by atoms with Gasteiger partial charge in [-0.05, 0) is 43.4 Å². The van der Waals surface area contributed by atoms with E-state index in [4.69, 9.17) is 9.47 Å². The molecule has 2 unspecified atom stereocenters. The van der Waals surface area contributed by atoms with E-state index in [1.54, 1.807) is 7.11 Å². The van der Waals surface area contributed by atoms with Gasteiger partial charge in [0.15, 0.2) is 0 Å². The van der Waals surface area contributed by atoms with Crippen molar-refractivity contribution in [1.29, 1.82) is 5.26 Å². The zero-order valence-electron chi connectivity index (χ0n) is 13.0. The monoisotopic (exact) mass is 306 g/mol. The van der Waals surface area contributed by atoms with Gasteiger partial charge in [-0.25, -0.2) is 4.98 Å². The molecule has 2 aliphatic carbocycles. The molecule has 2 saturated carbocycles. The highest BCUT2D eigenvalue weighted by molar-refractivity contribution is 5.43. The summed E-state index contributed by atoms with van der Waals surface area (Å²) < 4.78 is 11.6. The first-order valence-electron chi connectivity index (χ1n) is 7.91. The molecule has 23 heavy (non-hydrogen) atoms. The first-order chi connectivity index (χ1) is 11.2. The topological polar surface area (TPSA) is 55.1 Å². The van der Waals surface area contributed by atoms with Crippen molar-refractivity contribution in [2.75, 3.05) is 7.11 Å². The number of nitriles is 1. The van der Waals surface area contributed by atoms with Crippen molar-refractivity contribution in [2.24, 2.45) is 5.92 Å². The largest absolute Gasteiger partial charge is 0.439 e. The molecule has 0 spiro atoms. The van der Waals surface area contributed by atoms with E-state index in [2.05, 4.69) is 11.1 Å². The maximum absolute atomic E-state index is 9.93. The Labute approximate surface area is 135 Å². The molecule has 4 rings (SSSR count). The van der Waals surface area contributed by atoms with Crippen molar-refractivity contribution in [1.82, 2.24) is 4.98 Å². The summed E-state index contributed by atoms with van der Waals surface area (Å²) in [6.07, 6.45) is 2.76. The summed E-state index contributed by atoms with van der Waals surface area (Å²) in [6, 6.07) is 17.7. The number of rotatable bonds is 4. The van der Waals surface area contributed by atoms with Gasteiger partial charge >= 0.3 is 0 Å². The third-order valence-electron chi connectivity index (χ3n) is 5.32. The van der Waals surface area contributed by atoms with Crippen LogP contribution < -0.4 is 4.74 Å². The molecule has 2 fully saturated rings. The van der Waals surface area contributed by atoms with E-state index in [0.717, 1.165) is 30.7 Å². The summed E-state index contributed by atoms with van der Waals surface area (Å²) in [5.74, 6) is 1.73. The summed E-state index contributed by atoms with van der Waals surface area (Å²) in [6.45, 7) is 0. The molecule has 4 nitrogen and oxygen atoms in total. The van der Waals surface area contributed by atoms with Gasteiger partial charge in [-0.3, -0.25) is 0 Å². The lowest BCUT2D eigenvalue weighted by Crippen LogP contribution is -2.40. The first-order valence-corrected chi connectivity index (χ1v) is 7.91. The normalized spacial score (nSPS) is 31.2. The van der Waals surface area contributed by atoms with E-state index >= 15 is 0 Å². The van der Waals surface area contributed by atoms with Crippen LogP contribution in [0, 0.1) is 17.2 Å². The van der Waals surface area contributed by atoms with E-state index < -0.39 is 5.41 Å². The van der Waals surface area contributed by atoms with Gasteiger partial charge in [0.25, 0.3) is 0 Å². The highest BCUT2D eigenvalue weighted by Gasteiger charge is 2.73. The average Bonchev–Trinajstić information content (AvgIpc) is 3.25. The Hall–Kier alpha value is -2.38. The molecule has 2 aliphatic rings. The van der Waals surface area contributed by atoms with Gasteiger partial charge < -0.3 is 9.47 Å². The van der Waals surface area contributed by atoms with Gasteiger partial charge in [0.2, 0.25) is 5.88 Å². The molecule has 1 heterocycles. The number of methoxy groups -OCH3 is 1. The molecule has 0 saturated heterocycles. The molecule has 0 radical (unpaired) electrons. The quantitative estimate of drug-likeness (QED) is 0.861. The minimum absolute atomic E-state index is 0.361. The van der Waals surface area contributed by atoms with Crippen molar-refractivity contribution in [3.63, 3.8) is 0 Å². The molecular formula is C19H18N2O2. The average molecular weight is 306 g/mol. The highest BCUT2D eigenvalue weighted by atomic mass is 16.5. The van der Waals surface area contributed by atoms with Gasteiger partial charge in [0.05, 0.1) is 17.4 Å². The summed E-state index contributed by atoms with van der Waals surface area (Å²) >= 11 is 0. The van der Waals surface area contributed by atoms with Crippen LogP contribution in [0.3, 0.4) is 0 Å². The summed E-state index contributed by atoms with van der Waals surface area (Å²) in [5.41, 5.74) is -0.266. The molecular weight excluding hydrogens is 288 g/mol. The second-order valence-electron chi connectivity index (χ2n) is 6.33. The van der Waals surface area contributed by atoms with E-state index in [-0.39, 0.29) is 5.60 Å². The van der Waals surface area contributed by atoms with Gasteiger partial charge in [-0.15, -0.1) is 0 Å². The number of hydrogen-bond acceptors (Lipinski definition) is 4. The lowest BCUT2D eigenvalue weighted by molar-refractivity contribution is 0.0330. The smallest absolute Gasteiger partial charge is 0.219 e. The van der Waals surface area contributed by atoms with Crippen LogP contribution in [0.4, 0.5) is 0 Å². The van der Waals surface area contributed by atoms with E-state index in [9.17, 15) is 5.26 Å². The number of hydrogen-bond donors (Lipinski definition) is 0. The lowest BCUT2D eigenvalue weighted by Gasteiger charge is -2.30. The minimum Gasteiger partial charge on any atom is -0.439 e. The van der Waals surface area contributed by atoms with Crippen LogP contribution in [-0.2, 0) is 10.2 Å². The SMILES string of the molecule is CO[C@@]12CC1CCC2(C#N)c1cccc(Oc2ccccc2)n1. The summed E-state index contributed by atoms with van der Waals surface area (Å²) in [7, 11) is 1.71. The van der Waals surface area contributed by atoms with Crippen LogP contribution in [0.25, 0.3) is 0 Å². The highest BCUT2D eigenvalue weighted by Crippen LogP contribution is 2.67. The Morgan fingerprint density at radius 2 is 2.00 bits per heavy atom. The molecule has 1 aromatic carbocycles. The van der Waals surface area contributed by atoms with Crippen molar-refractivity contribution < 1.29 is 9.47 Å². The van der Waals surface area contributed by atoms with Gasteiger partial charge in [-0.1, -0.05) is 24.3 Å². The molecule has 0 amide bonds. The second-order valence-corrected chi connectivity index (χ2v) is 6.33. The van der Waals surface area contributed by atoms with Gasteiger partial charge in [0.1, 0.15) is 11.2 Å². The maximum atomic E-state index is 9.93. The number of benzene rings is 1. The van der Waals surface area contributed by atoms with E-state index in [1.807, 2.05) is 48.5 Å². The van der Waals surface area contributed by atoms with Crippen LogP contribution >= 0.6 is 0 Å². The Kier molecular flexibility index (Phi) is 3.14. The Bertz CT molecular complexity index is 766. The predicted molar refractivity (Wildman–Crippen MR) is 85.1 cm³/mol. The summed E-state index contributed by atoms with van der Waals surface area (Å²) in [5, 5.41) is 9.93. The number of nitrogens with zero attached hydrogens (tertiary/aromatic N) is 2. The molecule has 0 bridgehead atoms. The van der Waals surface area contributed by atoms with Crippen molar-refractivity contribution >= 4 is 0 Å². The van der Waals surface area contributed by atoms with E-state index in [1.165, 1.54) is 0 Å². The van der Waals surface area contributed by atoms with Gasteiger partial charge in [0, 0.05) is 13.2 Å². The van der Waals surface area contributed by atoms with Crippen molar-refractivity contribution in [3.05, 3.63) is 54.2 Å². The van der Waals surface area contributed by atoms with Crippen LogP contribution in [0.15, 0.2) is 48.5 Å². The number of ether oxygens (including phenoxy) is 2. The van der Waals surface area contributed by atoms with E-state index in [0.29, 0.717) is 11.8 Å². The van der Waals surface area contributed by atoms with Crippen LogP contribution in [0.1, 0.15) is 25.0 Å². The van der Waals surface area contributed by atoms with Crippen LogP contribution in [0.5, 0.6) is 11.6 Å². The predicted octanol–water partition coefficient (Wildman–Crippen LogP) is 3.83. The minimum atomic E-state index is -0.664. The zero-order valence-corrected chi connectivity index (χ0v) is 13.0. The fraction of sp³-hybridized carbons (Fsp3) is 0.368. The number of fused-ring (bicyclic) bond motifs is 1. The van der Waals surface area contributed by atoms with Gasteiger partial charge in [-0.2, -0.15) is 5.26 Å². The lowest BCUT2D eigenvalue weighted by atomic mass is 9.78. The molecule has 1 aromatic heterocycles. The maximum Gasteiger partial charge on any atom is 0.219 e. The fourth-order valence-electron chi connectivity index (χ4n) is 4.06. The van der Waals surface area contributed by atoms with Crippen molar-refractivity contribution in [3.8, 4) is 17.7 Å². The van der Waals surface area contributed by atoms with Crippen LogP contribution in [0.2, 0.25) is 0 Å².